The summed E-state index contributed by atoms with van der Waals surface area (Å²) in [5.41, 5.74) is -2.71. The van der Waals surface area contributed by atoms with Gasteiger partial charge in [0.05, 0.1) is 28.4 Å². The standard InChI is InChI=1S/C20H12ClF6N3O/c21-15-8-5-12(10-29-15)18(31)30-16(11-3-6-13(7-4-11)19(22,23)24)17-14(20(25,26)27)2-1-9-28-17/h1-10,16H,(H,30,31). The lowest BCUT2D eigenvalue weighted by Gasteiger charge is -2.23. The van der Waals surface area contributed by atoms with Crippen molar-refractivity contribution >= 4 is 17.5 Å². The third-order valence-electron chi connectivity index (χ3n) is 4.25. The van der Waals surface area contributed by atoms with E-state index in [4.69, 9.17) is 11.6 Å². The normalized spacial score (nSPS) is 13.0. The summed E-state index contributed by atoms with van der Waals surface area (Å²) in [7, 11) is 0. The number of rotatable bonds is 4. The number of hydrogen-bond donors (Lipinski definition) is 1. The van der Waals surface area contributed by atoms with E-state index in [0.717, 1.165) is 36.7 Å². The number of alkyl halides is 6. The Balaban J connectivity index is 2.07. The SMILES string of the molecule is O=C(NC(c1ccc(C(F)(F)F)cc1)c1ncccc1C(F)(F)F)c1ccc(Cl)nc1. The lowest BCUT2D eigenvalue weighted by Crippen LogP contribution is -2.31. The summed E-state index contributed by atoms with van der Waals surface area (Å²) >= 11 is 5.67. The summed E-state index contributed by atoms with van der Waals surface area (Å²) in [5.74, 6) is -0.812. The largest absolute Gasteiger partial charge is 0.418 e. The van der Waals surface area contributed by atoms with Crippen molar-refractivity contribution in [1.29, 1.82) is 0 Å². The number of aromatic nitrogens is 2. The molecule has 0 bridgehead atoms. The molecule has 0 spiro atoms. The summed E-state index contributed by atoms with van der Waals surface area (Å²) in [6, 6.07) is 6.39. The molecule has 1 N–H and O–H groups in total. The third kappa shape index (κ3) is 5.32. The first-order chi connectivity index (χ1) is 14.5. The molecule has 1 aromatic carbocycles. The van der Waals surface area contributed by atoms with Crippen LogP contribution in [0, 0.1) is 0 Å². The van der Waals surface area contributed by atoms with Gasteiger partial charge in [-0.3, -0.25) is 9.78 Å². The van der Waals surface area contributed by atoms with Crippen molar-refractivity contribution in [3.63, 3.8) is 0 Å². The fraction of sp³-hybridized carbons (Fsp3) is 0.150. The van der Waals surface area contributed by atoms with Crippen LogP contribution in [-0.2, 0) is 12.4 Å². The summed E-state index contributed by atoms with van der Waals surface area (Å²) in [6.45, 7) is 0. The Bertz CT molecular complexity index is 1070. The maximum absolute atomic E-state index is 13.5. The van der Waals surface area contributed by atoms with Gasteiger partial charge in [0.1, 0.15) is 5.15 Å². The van der Waals surface area contributed by atoms with Crippen LogP contribution in [0.3, 0.4) is 0 Å². The van der Waals surface area contributed by atoms with Crippen LogP contribution in [0.2, 0.25) is 5.15 Å². The molecule has 1 unspecified atom stereocenters. The molecule has 0 radical (unpaired) electrons. The van der Waals surface area contributed by atoms with Gasteiger partial charge in [0, 0.05) is 12.4 Å². The summed E-state index contributed by atoms with van der Waals surface area (Å²) in [6.07, 6.45) is -7.23. The fourth-order valence-corrected chi connectivity index (χ4v) is 2.90. The van der Waals surface area contributed by atoms with Crippen molar-refractivity contribution in [3.8, 4) is 0 Å². The number of benzene rings is 1. The Kier molecular flexibility index (Phi) is 6.21. The number of nitrogens with one attached hydrogen (secondary N) is 1. The minimum absolute atomic E-state index is 0.00852. The lowest BCUT2D eigenvalue weighted by molar-refractivity contribution is -0.139. The number of pyridine rings is 2. The number of nitrogens with zero attached hydrogens (tertiary/aromatic N) is 2. The van der Waals surface area contributed by atoms with Crippen LogP contribution in [0.1, 0.15) is 38.8 Å². The molecule has 3 rings (SSSR count). The highest BCUT2D eigenvalue weighted by atomic mass is 35.5. The number of carbonyl (C=O) groups is 1. The number of hydrogen-bond acceptors (Lipinski definition) is 3. The smallest absolute Gasteiger partial charge is 0.339 e. The Morgan fingerprint density at radius 1 is 0.903 bits per heavy atom. The molecule has 0 saturated heterocycles. The monoisotopic (exact) mass is 459 g/mol. The van der Waals surface area contributed by atoms with Gasteiger partial charge in [0.25, 0.3) is 5.91 Å². The zero-order valence-electron chi connectivity index (χ0n) is 15.3. The molecule has 162 valence electrons. The van der Waals surface area contributed by atoms with Crippen LogP contribution in [0.5, 0.6) is 0 Å². The second-order valence-electron chi connectivity index (χ2n) is 6.33. The van der Waals surface area contributed by atoms with Crippen LogP contribution in [-0.4, -0.2) is 15.9 Å². The molecule has 2 heterocycles. The molecule has 31 heavy (non-hydrogen) atoms. The Morgan fingerprint density at radius 3 is 2.13 bits per heavy atom. The van der Waals surface area contributed by atoms with Gasteiger partial charge < -0.3 is 5.32 Å². The highest BCUT2D eigenvalue weighted by Crippen LogP contribution is 2.36. The molecule has 11 heteroatoms. The van der Waals surface area contributed by atoms with Gasteiger partial charge in [0.15, 0.2) is 0 Å². The van der Waals surface area contributed by atoms with Gasteiger partial charge >= 0.3 is 12.4 Å². The van der Waals surface area contributed by atoms with Crippen molar-refractivity contribution in [1.82, 2.24) is 15.3 Å². The van der Waals surface area contributed by atoms with E-state index < -0.39 is 41.1 Å². The molecule has 0 saturated carbocycles. The van der Waals surface area contributed by atoms with E-state index in [9.17, 15) is 31.1 Å². The van der Waals surface area contributed by atoms with Gasteiger partial charge in [-0.2, -0.15) is 26.3 Å². The van der Waals surface area contributed by atoms with Gasteiger partial charge in [-0.25, -0.2) is 4.98 Å². The van der Waals surface area contributed by atoms with Crippen molar-refractivity contribution in [2.45, 2.75) is 18.4 Å². The van der Waals surface area contributed by atoms with Gasteiger partial charge in [-0.15, -0.1) is 0 Å². The Labute approximate surface area is 176 Å². The molecule has 4 nitrogen and oxygen atoms in total. The fourth-order valence-electron chi connectivity index (χ4n) is 2.79. The van der Waals surface area contributed by atoms with Crippen molar-refractivity contribution < 1.29 is 31.1 Å². The van der Waals surface area contributed by atoms with Gasteiger partial charge in [0.2, 0.25) is 0 Å². The van der Waals surface area contributed by atoms with Crippen molar-refractivity contribution in [2.75, 3.05) is 0 Å². The number of halogens is 7. The topological polar surface area (TPSA) is 54.9 Å². The first-order valence-electron chi connectivity index (χ1n) is 8.58. The minimum atomic E-state index is -4.81. The molecule has 0 aliphatic carbocycles. The van der Waals surface area contributed by atoms with Crippen LogP contribution in [0.4, 0.5) is 26.3 Å². The van der Waals surface area contributed by atoms with E-state index in [-0.39, 0.29) is 16.3 Å². The first-order valence-corrected chi connectivity index (χ1v) is 8.96. The van der Waals surface area contributed by atoms with E-state index in [1.807, 2.05) is 0 Å². The van der Waals surface area contributed by atoms with E-state index in [1.54, 1.807) is 0 Å². The van der Waals surface area contributed by atoms with Crippen LogP contribution in [0.25, 0.3) is 0 Å². The second kappa shape index (κ2) is 8.54. The quantitative estimate of drug-likeness (QED) is 0.403. The molecule has 3 aromatic rings. The summed E-state index contributed by atoms with van der Waals surface area (Å²) in [5, 5.41) is 2.49. The number of amides is 1. The average molecular weight is 460 g/mol. The van der Waals surface area contributed by atoms with Crippen LogP contribution < -0.4 is 5.32 Å². The number of carbonyl (C=O) groups excluding carboxylic acids is 1. The Hall–Kier alpha value is -3.14. The Morgan fingerprint density at radius 2 is 1.58 bits per heavy atom. The molecular weight excluding hydrogens is 448 g/mol. The van der Waals surface area contributed by atoms with E-state index >= 15 is 0 Å². The summed E-state index contributed by atoms with van der Waals surface area (Å²) < 4.78 is 79.2. The van der Waals surface area contributed by atoms with Crippen molar-refractivity contribution in [2.24, 2.45) is 0 Å². The first kappa shape index (κ1) is 22.5. The van der Waals surface area contributed by atoms with Crippen LogP contribution in [0.15, 0.2) is 60.9 Å². The maximum Gasteiger partial charge on any atom is 0.418 e. The molecular formula is C20H12ClF6N3O. The highest BCUT2D eigenvalue weighted by molar-refractivity contribution is 6.29. The molecule has 1 atom stereocenters. The third-order valence-corrected chi connectivity index (χ3v) is 4.48. The molecule has 0 aliphatic rings. The lowest BCUT2D eigenvalue weighted by atomic mass is 9.97. The summed E-state index contributed by atoms with van der Waals surface area (Å²) in [4.78, 5) is 20.1. The molecule has 2 aromatic heterocycles. The predicted molar refractivity (Wildman–Crippen MR) is 99.2 cm³/mol. The predicted octanol–water partition coefficient (Wildman–Crippen LogP) is 5.69. The van der Waals surface area contributed by atoms with E-state index in [2.05, 4.69) is 15.3 Å². The zero-order chi connectivity index (χ0) is 22.8. The van der Waals surface area contributed by atoms with Gasteiger partial charge in [-0.1, -0.05) is 23.7 Å². The van der Waals surface area contributed by atoms with E-state index in [1.165, 1.54) is 12.1 Å². The van der Waals surface area contributed by atoms with Crippen molar-refractivity contribution in [3.05, 3.63) is 94.0 Å². The van der Waals surface area contributed by atoms with E-state index in [0.29, 0.717) is 12.1 Å². The molecule has 0 aliphatic heterocycles. The molecule has 1 amide bonds. The average Bonchev–Trinajstić information content (AvgIpc) is 2.71. The zero-order valence-corrected chi connectivity index (χ0v) is 16.1. The highest BCUT2D eigenvalue weighted by Gasteiger charge is 2.37. The minimum Gasteiger partial charge on any atom is -0.339 e. The molecule has 0 fully saturated rings. The van der Waals surface area contributed by atoms with Gasteiger partial charge in [-0.05, 0) is 42.0 Å². The second-order valence-corrected chi connectivity index (χ2v) is 6.72. The maximum atomic E-state index is 13.5. The van der Waals surface area contributed by atoms with Crippen LogP contribution >= 0.6 is 11.6 Å².